The first-order valence-corrected chi connectivity index (χ1v) is 14.9. The van der Waals surface area contributed by atoms with Crippen LogP contribution in [0.5, 0.6) is 0 Å². The maximum absolute atomic E-state index is 12.7. The lowest BCUT2D eigenvalue weighted by Crippen LogP contribution is -2.44. The molecule has 9 heteroatoms. The number of aryl methyl sites for hydroxylation is 1. The third-order valence-electron chi connectivity index (χ3n) is 8.11. The van der Waals surface area contributed by atoms with Crippen LogP contribution in [0.25, 0.3) is 39.2 Å². The van der Waals surface area contributed by atoms with Crippen molar-refractivity contribution in [3.05, 3.63) is 59.5 Å². The molecule has 0 saturated carbocycles. The van der Waals surface area contributed by atoms with Crippen molar-refractivity contribution in [2.45, 2.75) is 47.1 Å². The number of nitrogens with one attached hydrogen (secondary N) is 3. The fraction of sp³-hybridized carbons (Fsp3) is 0.424. The normalized spacial score (nSPS) is 16.1. The summed E-state index contributed by atoms with van der Waals surface area (Å²) in [5.41, 5.74) is 9.15. The second-order valence-corrected chi connectivity index (χ2v) is 13.0. The minimum Gasteiger partial charge on any atom is -0.373 e. The van der Waals surface area contributed by atoms with Crippen LogP contribution >= 0.6 is 0 Å². The Hall–Kier alpha value is -4.11. The first-order valence-electron chi connectivity index (χ1n) is 14.9. The van der Waals surface area contributed by atoms with E-state index in [1.807, 2.05) is 0 Å². The van der Waals surface area contributed by atoms with Crippen molar-refractivity contribution in [3.8, 4) is 22.6 Å². The third-order valence-corrected chi connectivity index (χ3v) is 8.11. The number of H-pyrrole nitrogens is 2. The van der Waals surface area contributed by atoms with Gasteiger partial charge in [0.1, 0.15) is 11.4 Å². The zero-order valence-electron chi connectivity index (χ0n) is 25.6. The molecule has 4 heterocycles. The van der Waals surface area contributed by atoms with Gasteiger partial charge in [0.25, 0.3) is 0 Å². The highest BCUT2D eigenvalue weighted by atomic mass is 16.1. The van der Waals surface area contributed by atoms with Gasteiger partial charge in [-0.15, -0.1) is 0 Å². The van der Waals surface area contributed by atoms with Crippen LogP contribution in [0.3, 0.4) is 0 Å². The van der Waals surface area contributed by atoms with Crippen LogP contribution in [-0.4, -0.2) is 81.0 Å². The Bertz CT molecular complexity index is 1650. The molecular weight excluding hydrogens is 524 g/mol. The van der Waals surface area contributed by atoms with E-state index in [9.17, 15) is 4.79 Å². The number of nitrogens with zero attached hydrogens (tertiary/aromatic N) is 5. The van der Waals surface area contributed by atoms with Crippen LogP contribution in [-0.2, 0) is 17.8 Å². The zero-order chi connectivity index (χ0) is 29.6. The molecule has 1 saturated heterocycles. The van der Waals surface area contributed by atoms with Gasteiger partial charge in [0.2, 0.25) is 5.91 Å². The van der Waals surface area contributed by atoms with Crippen LogP contribution < -0.4 is 5.32 Å². The Morgan fingerprint density at radius 3 is 2.52 bits per heavy atom. The molecule has 0 aliphatic carbocycles. The molecule has 0 radical (unpaired) electrons. The predicted octanol–water partition coefficient (Wildman–Crippen LogP) is 5.55. The molecule has 2 aliphatic heterocycles. The molecule has 4 aromatic rings. The number of hydrogen-bond acceptors (Lipinski definition) is 6. The summed E-state index contributed by atoms with van der Waals surface area (Å²) >= 11 is 0. The molecule has 9 nitrogen and oxygen atoms in total. The number of benzene rings is 2. The van der Waals surface area contributed by atoms with E-state index in [4.69, 9.17) is 10.1 Å². The first-order chi connectivity index (χ1) is 20.1. The molecule has 2 aromatic carbocycles. The highest BCUT2D eigenvalue weighted by Crippen LogP contribution is 2.35. The maximum atomic E-state index is 12.7. The van der Waals surface area contributed by atoms with Gasteiger partial charge in [-0.05, 0) is 59.8 Å². The molecule has 1 fully saturated rings. The lowest BCUT2D eigenvalue weighted by atomic mass is 9.92. The second kappa shape index (κ2) is 10.9. The minimum absolute atomic E-state index is 0.0340. The Kier molecular flexibility index (Phi) is 7.30. The molecule has 0 bridgehead atoms. The average Bonchev–Trinajstić information content (AvgIpc) is 3.55. The number of aromatic amines is 2. The topological polar surface area (TPSA) is 96.2 Å². The number of aromatic nitrogens is 4. The van der Waals surface area contributed by atoms with Gasteiger partial charge < -0.3 is 25.0 Å². The van der Waals surface area contributed by atoms with E-state index >= 15 is 0 Å². The highest BCUT2D eigenvalue weighted by molar-refractivity contribution is 5.96. The van der Waals surface area contributed by atoms with E-state index in [0.717, 1.165) is 89.8 Å². The summed E-state index contributed by atoms with van der Waals surface area (Å²) in [7, 11) is 4.29. The number of piperazine rings is 1. The number of carbonyl (C=O) groups excluding carboxylic acids is 1. The molecule has 2 aliphatic rings. The molecule has 1 amide bonds. The summed E-state index contributed by atoms with van der Waals surface area (Å²) in [5, 5.41) is 12.1. The predicted molar refractivity (Wildman–Crippen MR) is 170 cm³/mol. The Morgan fingerprint density at radius 1 is 1.00 bits per heavy atom. The fourth-order valence-electron chi connectivity index (χ4n) is 5.89. The molecule has 220 valence electrons. The molecule has 6 rings (SSSR count). The quantitative estimate of drug-likeness (QED) is 0.283. The Morgan fingerprint density at radius 2 is 1.79 bits per heavy atom. The van der Waals surface area contributed by atoms with E-state index in [1.165, 1.54) is 11.3 Å². The van der Waals surface area contributed by atoms with Crippen molar-refractivity contribution in [1.82, 2.24) is 34.9 Å². The van der Waals surface area contributed by atoms with Crippen molar-refractivity contribution in [3.63, 3.8) is 0 Å². The highest BCUT2D eigenvalue weighted by Gasteiger charge is 2.27. The van der Waals surface area contributed by atoms with Gasteiger partial charge >= 0.3 is 0 Å². The van der Waals surface area contributed by atoms with Crippen molar-refractivity contribution in [2.75, 3.05) is 45.6 Å². The standard InChI is InChI=1S/C33H42N8O/c1-7-21-14-23(16-24(15-21)34-29(42)18-33(2,3)4)22-8-9-26-25(17-22)30(38-37-26)32-35-27-19-40(6)20-28(31(27)36-32)41-12-10-39(5)11-13-41/h8-9,14-17,20H,7,10-13,18-19H2,1-6H3,(H,34,42)(H,35,36)(H,37,38). The second-order valence-electron chi connectivity index (χ2n) is 13.0. The van der Waals surface area contributed by atoms with Crippen molar-refractivity contribution >= 4 is 28.2 Å². The molecule has 3 N–H and O–H groups in total. The first kappa shape index (κ1) is 28.0. The van der Waals surface area contributed by atoms with Gasteiger partial charge in [0.15, 0.2) is 5.82 Å². The van der Waals surface area contributed by atoms with E-state index in [0.29, 0.717) is 6.42 Å². The molecule has 2 aromatic heterocycles. The molecular formula is C33H42N8O. The summed E-state index contributed by atoms with van der Waals surface area (Å²) in [5.74, 6) is 0.808. The van der Waals surface area contributed by atoms with Crippen LogP contribution in [0.15, 0.2) is 42.6 Å². The molecule has 0 spiro atoms. The largest absolute Gasteiger partial charge is 0.373 e. The van der Waals surface area contributed by atoms with Crippen LogP contribution in [0, 0.1) is 5.41 Å². The maximum Gasteiger partial charge on any atom is 0.224 e. The molecule has 42 heavy (non-hydrogen) atoms. The average molecular weight is 567 g/mol. The summed E-state index contributed by atoms with van der Waals surface area (Å²) < 4.78 is 0. The summed E-state index contributed by atoms with van der Waals surface area (Å²) in [6, 6.07) is 12.7. The van der Waals surface area contributed by atoms with Crippen LogP contribution in [0.1, 0.15) is 51.1 Å². The Balaban J connectivity index is 1.34. The number of rotatable bonds is 6. The molecule has 0 atom stereocenters. The zero-order valence-corrected chi connectivity index (χ0v) is 25.6. The van der Waals surface area contributed by atoms with Gasteiger partial charge in [0, 0.05) is 56.9 Å². The van der Waals surface area contributed by atoms with Crippen molar-refractivity contribution in [2.24, 2.45) is 5.41 Å². The van der Waals surface area contributed by atoms with E-state index in [-0.39, 0.29) is 11.3 Å². The minimum atomic E-state index is -0.0699. The summed E-state index contributed by atoms with van der Waals surface area (Å²) in [6.45, 7) is 13.2. The summed E-state index contributed by atoms with van der Waals surface area (Å²) in [4.78, 5) is 28.5. The molecule has 0 unspecified atom stereocenters. The van der Waals surface area contributed by atoms with Crippen molar-refractivity contribution < 1.29 is 4.79 Å². The number of hydrogen-bond donors (Lipinski definition) is 3. The third kappa shape index (κ3) is 5.79. The monoisotopic (exact) mass is 566 g/mol. The SMILES string of the molecule is CCc1cc(NC(=O)CC(C)(C)C)cc(-c2ccc3[nH]nc(-c4nc5c([nH]4)CN(C)C=C5N4CCN(C)CC4)c3c2)c1. The van der Waals surface area contributed by atoms with Crippen molar-refractivity contribution in [1.29, 1.82) is 0 Å². The number of anilines is 1. The number of likely N-dealkylation sites (N-methyl/N-ethyl adjacent to an activating group) is 1. The van der Waals surface area contributed by atoms with Gasteiger partial charge in [-0.2, -0.15) is 5.10 Å². The van der Waals surface area contributed by atoms with Gasteiger partial charge in [-0.25, -0.2) is 4.98 Å². The number of fused-ring (bicyclic) bond motifs is 2. The van der Waals surface area contributed by atoms with Crippen LogP contribution in [0.4, 0.5) is 5.69 Å². The van der Waals surface area contributed by atoms with Gasteiger partial charge in [-0.3, -0.25) is 9.89 Å². The Labute approximate surface area is 248 Å². The number of amides is 1. The smallest absolute Gasteiger partial charge is 0.224 e. The van der Waals surface area contributed by atoms with Gasteiger partial charge in [0.05, 0.1) is 23.5 Å². The lowest BCUT2D eigenvalue weighted by Gasteiger charge is -2.37. The van der Waals surface area contributed by atoms with E-state index in [1.54, 1.807) is 0 Å². The summed E-state index contributed by atoms with van der Waals surface area (Å²) in [6.07, 6.45) is 3.57. The van der Waals surface area contributed by atoms with E-state index in [2.05, 4.69) is 114 Å². The van der Waals surface area contributed by atoms with E-state index < -0.39 is 0 Å². The van der Waals surface area contributed by atoms with Gasteiger partial charge in [-0.1, -0.05) is 39.8 Å². The fourth-order valence-corrected chi connectivity index (χ4v) is 5.89. The number of carbonyl (C=O) groups is 1. The van der Waals surface area contributed by atoms with Crippen LogP contribution in [0.2, 0.25) is 0 Å². The number of imidazole rings is 1. The lowest BCUT2D eigenvalue weighted by molar-refractivity contribution is -0.117.